The molecule has 2 N–H and O–H groups in total. The third kappa shape index (κ3) is 4.55. The molecule has 0 aliphatic carbocycles. The molecular weight excluding hydrogens is 410 g/mol. The van der Waals surface area contributed by atoms with Gasteiger partial charge in [-0.15, -0.1) is 0 Å². The van der Waals surface area contributed by atoms with Crippen LogP contribution < -0.4 is 5.32 Å². The van der Waals surface area contributed by atoms with Crippen molar-refractivity contribution in [3.05, 3.63) is 59.7 Å². The van der Waals surface area contributed by atoms with Gasteiger partial charge in [-0.3, -0.25) is 9.87 Å². The number of fused-ring (bicyclic) bond motifs is 1. The van der Waals surface area contributed by atoms with E-state index in [1.807, 2.05) is 37.3 Å². The van der Waals surface area contributed by atoms with Crippen LogP contribution in [0.2, 0.25) is 0 Å². The summed E-state index contributed by atoms with van der Waals surface area (Å²) in [5, 5.41) is 3.61. The fourth-order valence-electron chi connectivity index (χ4n) is 4.00. The third-order valence-electron chi connectivity index (χ3n) is 5.66. The number of hydrogen-bond donors (Lipinski definition) is 2. The monoisotopic (exact) mass is 437 g/mol. The van der Waals surface area contributed by atoms with Crippen LogP contribution in [0.5, 0.6) is 0 Å². The molecule has 0 fully saturated rings. The maximum atomic E-state index is 13.4. The van der Waals surface area contributed by atoms with Crippen molar-refractivity contribution in [1.82, 2.24) is 5.32 Å². The Hall–Kier alpha value is -1.74. The van der Waals surface area contributed by atoms with Gasteiger partial charge in [0.05, 0.1) is 21.6 Å². The number of benzene rings is 2. The van der Waals surface area contributed by atoms with E-state index in [9.17, 15) is 21.4 Å². The Morgan fingerprint density at radius 2 is 1.83 bits per heavy atom. The first kappa shape index (κ1) is 22.0. The van der Waals surface area contributed by atoms with Gasteiger partial charge < -0.3 is 0 Å². The second-order valence-corrected chi connectivity index (χ2v) is 11.0. The maximum absolute atomic E-state index is 13.4. The molecule has 0 aromatic heterocycles. The predicted molar refractivity (Wildman–Crippen MR) is 112 cm³/mol. The van der Waals surface area contributed by atoms with Crippen LogP contribution in [0, 0.1) is 0 Å². The third-order valence-corrected chi connectivity index (χ3v) is 8.47. The Morgan fingerprint density at radius 1 is 1.14 bits per heavy atom. The zero-order valence-electron chi connectivity index (χ0n) is 16.6. The largest absolute Gasteiger partial charge is 0.300 e. The van der Waals surface area contributed by atoms with Crippen molar-refractivity contribution in [2.24, 2.45) is 0 Å². The summed E-state index contributed by atoms with van der Waals surface area (Å²) in [5.74, 6) is -0.123. The molecule has 0 saturated carbocycles. The zero-order valence-corrected chi connectivity index (χ0v) is 18.3. The average molecular weight is 438 g/mol. The zero-order chi connectivity index (χ0) is 21.3. The first-order valence-corrected chi connectivity index (χ1v) is 12.9. The van der Waals surface area contributed by atoms with Crippen molar-refractivity contribution in [3.8, 4) is 0 Å². The van der Waals surface area contributed by atoms with E-state index in [0.717, 1.165) is 24.5 Å². The molecule has 0 amide bonds. The molecule has 8 heteroatoms. The fourth-order valence-corrected chi connectivity index (χ4v) is 6.75. The molecule has 1 aliphatic heterocycles. The second-order valence-electron chi connectivity index (χ2n) is 7.66. The first-order chi connectivity index (χ1) is 13.6. The van der Waals surface area contributed by atoms with E-state index in [4.69, 9.17) is 0 Å². The van der Waals surface area contributed by atoms with Crippen molar-refractivity contribution in [2.45, 2.75) is 60.9 Å². The fraction of sp³-hybridized carbons (Fsp3) is 0.429. The molecule has 0 radical (unpaired) electrons. The summed E-state index contributed by atoms with van der Waals surface area (Å²) in [6.07, 6.45) is 3.14. The number of hydrogen-bond acceptors (Lipinski definition) is 5. The van der Waals surface area contributed by atoms with Gasteiger partial charge in [0.25, 0.3) is 10.1 Å². The molecule has 158 valence electrons. The van der Waals surface area contributed by atoms with Crippen LogP contribution in [-0.4, -0.2) is 32.7 Å². The van der Waals surface area contributed by atoms with Crippen LogP contribution in [0.3, 0.4) is 0 Å². The van der Waals surface area contributed by atoms with E-state index in [1.54, 1.807) is 0 Å². The van der Waals surface area contributed by atoms with Gasteiger partial charge in [0.2, 0.25) is 0 Å². The molecule has 2 aromatic rings. The number of unbranched alkanes of at least 4 members (excludes halogenated alkanes) is 1. The Bertz CT molecular complexity index is 1080. The van der Waals surface area contributed by atoms with Crippen molar-refractivity contribution in [3.63, 3.8) is 0 Å². The van der Waals surface area contributed by atoms with Gasteiger partial charge in [0.15, 0.2) is 9.84 Å². The van der Waals surface area contributed by atoms with Gasteiger partial charge in [-0.1, -0.05) is 63.1 Å². The topological polar surface area (TPSA) is 101 Å². The summed E-state index contributed by atoms with van der Waals surface area (Å²) in [6, 6.07) is 13.0. The van der Waals surface area contributed by atoms with E-state index in [2.05, 4.69) is 12.2 Å². The quantitative estimate of drug-likeness (QED) is 0.668. The minimum atomic E-state index is -4.51. The SMILES string of the molecule is CCCC[C@]1(CC)CS(=O)(=O)c2cc(S(=O)(=O)O)ccc2C(c2ccccc2)N1. The van der Waals surface area contributed by atoms with E-state index in [1.165, 1.54) is 12.1 Å². The van der Waals surface area contributed by atoms with Crippen LogP contribution >= 0.6 is 0 Å². The highest BCUT2D eigenvalue weighted by molar-refractivity contribution is 7.91. The standard InChI is InChI=1S/C21H27NO5S2/c1-3-5-13-21(4-2)15-28(23,24)19-14-17(29(25,26)27)11-12-18(19)20(22-21)16-9-7-6-8-10-16/h6-12,14,20,22H,3-5,13,15H2,1-2H3,(H,25,26,27)/t20?,21-/m1/s1. The van der Waals surface area contributed by atoms with Crippen LogP contribution in [0.4, 0.5) is 0 Å². The summed E-state index contributed by atoms with van der Waals surface area (Å²) in [6.45, 7) is 4.04. The maximum Gasteiger partial charge on any atom is 0.294 e. The summed E-state index contributed by atoms with van der Waals surface area (Å²) < 4.78 is 59.5. The number of sulfone groups is 1. The van der Waals surface area contributed by atoms with Crippen LogP contribution in [0.15, 0.2) is 58.3 Å². The smallest absolute Gasteiger partial charge is 0.294 e. The van der Waals surface area contributed by atoms with Gasteiger partial charge >= 0.3 is 0 Å². The summed E-state index contributed by atoms with van der Waals surface area (Å²) >= 11 is 0. The molecule has 3 rings (SSSR count). The van der Waals surface area contributed by atoms with Crippen LogP contribution in [-0.2, 0) is 20.0 Å². The molecular formula is C21H27NO5S2. The van der Waals surface area contributed by atoms with Crippen LogP contribution in [0.25, 0.3) is 0 Å². The van der Waals surface area contributed by atoms with Crippen molar-refractivity contribution in [2.75, 3.05) is 5.75 Å². The van der Waals surface area contributed by atoms with Crippen molar-refractivity contribution in [1.29, 1.82) is 0 Å². The first-order valence-electron chi connectivity index (χ1n) is 9.79. The van der Waals surface area contributed by atoms with E-state index in [0.29, 0.717) is 18.4 Å². The predicted octanol–water partition coefficient (Wildman–Crippen LogP) is 3.74. The molecule has 1 heterocycles. The van der Waals surface area contributed by atoms with Gasteiger partial charge in [-0.05, 0) is 36.1 Å². The molecule has 0 spiro atoms. The summed E-state index contributed by atoms with van der Waals surface area (Å²) in [7, 11) is -8.30. The molecule has 0 saturated heterocycles. The number of rotatable bonds is 6. The Morgan fingerprint density at radius 3 is 2.41 bits per heavy atom. The van der Waals surface area contributed by atoms with Gasteiger partial charge in [0, 0.05) is 5.54 Å². The lowest BCUT2D eigenvalue weighted by atomic mass is 9.88. The molecule has 1 unspecified atom stereocenters. The molecule has 2 aromatic carbocycles. The van der Waals surface area contributed by atoms with E-state index in [-0.39, 0.29) is 10.6 Å². The summed E-state index contributed by atoms with van der Waals surface area (Å²) in [4.78, 5) is -0.454. The number of nitrogens with one attached hydrogen (secondary N) is 1. The molecule has 0 bridgehead atoms. The lowest BCUT2D eigenvalue weighted by molar-refractivity contribution is 0.295. The Kier molecular flexibility index (Phi) is 6.19. The van der Waals surface area contributed by atoms with E-state index >= 15 is 0 Å². The molecule has 1 aliphatic rings. The second kappa shape index (κ2) is 8.18. The highest BCUT2D eigenvalue weighted by Gasteiger charge is 2.42. The molecule has 2 atom stereocenters. The minimum Gasteiger partial charge on any atom is -0.300 e. The van der Waals surface area contributed by atoms with Gasteiger partial charge in [-0.2, -0.15) is 8.42 Å². The normalized spacial score (nSPS) is 23.9. The Labute approximate surface area is 173 Å². The Balaban J connectivity index is 2.26. The lowest BCUT2D eigenvalue weighted by Crippen LogP contribution is -2.50. The van der Waals surface area contributed by atoms with Gasteiger partial charge in [-0.25, -0.2) is 8.42 Å². The average Bonchev–Trinajstić information content (AvgIpc) is 2.79. The minimum absolute atomic E-state index is 0.0409. The highest BCUT2D eigenvalue weighted by Crippen LogP contribution is 2.38. The van der Waals surface area contributed by atoms with E-state index < -0.39 is 36.4 Å². The van der Waals surface area contributed by atoms with Crippen molar-refractivity contribution >= 4 is 20.0 Å². The molecule has 29 heavy (non-hydrogen) atoms. The molecule has 6 nitrogen and oxygen atoms in total. The van der Waals surface area contributed by atoms with Crippen molar-refractivity contribution < 1.29 is 21.4 Å². The summed E-state index contributed by atoms with van der Waals surface area (Å²) in [5.41, 5.74) is 0.766. The van der Waals surface area contributed by atoms with Gasteiger partial charge in [0.1, 0.15) is 0 Å². The lowest BCUT2D eigenvalue weighted by Gasteiger charge is -2.35. The highest BCUT2D eigenvalue weighted by atomic mass is 32.2. The van der Waals surface area contributed by atoms with Crippen LogP contribution in [0.1, 0.15) is 56.7 Å².